The number of amides is 1. The molecule has 1 aromatic heterocycles. The zero-order chi connectivity index (χ0) is 21.0. The van der Waals surface area contributed by atoms with Crippen LogP contribution >= 0.6 is 0 Å². The number of carbonyl (C=O) groups excluding carboxylic acids is 2. The molecule has 1 amide bonds. The zero-order valence-electron chi connectivity index (χ0n) is 18.0. The van der Waals surface area contributed by atoms with E-state index >= 15 is 0 Å². The number of carbonyl (C=O) groups is 2. The maximum absolute atomic E-state index is 13.3. The van der Waals surface area contributed by atoms with Crippen LogP contribution < -0.4 is 0 Å². The third-order valence-corrected chi connectivity index (χ3v) is 6.03. The van der Waals surface area contributed by atoms with E-state index in [9.17, 15) is 9.59 Å². The molecule has 2 heterocycles. The summed E-state index contributed by atoms with van der Waals surface area (Å²) in [4.78, 5) is 27.7. The van der Waals surface area contributed by atoms with Crippen molar-refractivity contribution in [3.63, 3.8) is 0 Å². The number of aromatic nitrogens is 1. The number of piperidine rings is 1. The molecular formula is C24H32N2O3. The van der Waals surface area contributed by atoms with Gasteiger partial charge in [0.1, 0.15) is 5.69 Å². The zero-order valence-corrected chi connectivity index (χ0v) is 18.0. The molecule has 1 aliphatic heterocycles. The van der Waals surface area contributed by atoms with Crippen molar-refractivity contribution in [1.29, 1.82) is 0 Å². The Kier molecular flexibility index (Phi) is 6.78. The Morgan fingerprint density at radius 3 is 2.31 bits per heavy atom. The van der Waals surface area contributed by atoms with E-state index in [-0.39, 0.29) is 11.9 Å². The number of likely N-dealkylation sites (tertiary alicyclic amines) is 1. The normalized spacial score (nSPS) is 14.8. The number of nitrogens with zero attached hydrogens (tertiary/aromatic N) is 2. The molecule has 2 aromatic rings. The molecule has 0 radical (unpaired) electrons. The minimum atomic E-state index is -0.351. The van der Waals surface area contributed by atoms with E-state index in [1.54, 1.807) is 6.92 Å². The van der Waals surface area contributed by atoms with E-state index < -0.39 is 0 Å². The van der Waals surface area contributed by atoms with Crippen LogP contribution in [0.4, 0.5) is 0 Å². The fourth-order valence-electron chi connectivity index (χ4n) is 4.51. The molecule has 5 heteroatoms. The molecule has 0 saturated carbocycles. The first-order valence-corrected chi connectivity index (χ1v) is 10.7. The minimum absolute atomic E-state index is 0.0379. The third kappa shape index (κ3) is 4.39. The lowest BCUT2D eigenvalue weighted by Gasteiger charge is -2.32. The first kappa shape index (κ1) is 21.2. The van der Waals surface area contributed by atoms with Gasteiger partial charge in [-0.05, 0) is 64.0 Å². The summed E-state index contributed by atoms with van der Waals surface area (Å²) in [5.41, 5.74) is 4.12. The van der Waals surface area contributed by atoms with E-state index in [0.29, 0.717) is 30.3 Å². The van der Waals surface area contributed by atoms with Crippen molar-refractivity contribution < 1.29 is 14.3 Å². The number of benzene rings is 1. The minimum Gasteiger partial charge on any atom is -0.461 e. The van der Waals surface area contributed by atoms with Crippen molar-refractivity contribution in [2.24, 2.45) is 5.92 Å². The summed E-state index contributed by atoms with van der Waals surface area (Å²) in [6.07, 6.45) is 3.09. The van der Waals surface area contributed by atoms with Gasteiger partial charge in [0, 0.05) is 25.3 Å². The molecule has 1 aliphatic rings. The molecule has 3 rings (SSSR count). The monoisotopic (exact) mass is 396 g/mol. The summed E-state index contributed by atoms with van der Waals surface area (Å²) >= 11 is 0. The highest BCUT2D eigenvalue weighted by atomic mass is 16.5. The Hall–Kier alpha value is -2.56. The maximum Gasteiger partial charge on any atom is 0.355 e. The molecule has 0 unspecified atom stereocenters. The van der Waals surface area contributed by atoms with E-state index in [4.69, 9.17) is 4.74 Å². The van der Waals surface area contributed by atoms with Crippen molar-refractivity contribution in [3.8, 4) is 0 Å². The highest BCUT2D eigenvalue weighted by Gasteiger charge is 2.31. The topological polar surface area (TPSA) is 51.5 Å². The molecule has 1 fully saturated rings. The van der Waals surface area contributed by atoms with Crippen LogP contribution in [0, 0.1) is 19.8 Å². The average molecular weight is 397 g/mol. The summed E-state index contributed by atoms with van der Waals surface area (Å²) in [6, 6.07) is 10.6. The number of rotatable bonds is 6. The lowest BCUT2D eigenvalue weighted by molar-refractivity contribution is 0.0512. The van der Waals surface area contributed by atoms with Gasteiger partial charge in [-0.2, -0.15) is 0 Å². The maximum atomic E-state index is 13.3. The molecule has 1 aromatic carbocycles. The molecule has 156 valence electrons. The van der Waals surface area contributed by atoms with Gasteiger partial charge in [-0.25, -0.2) is 4.79 Å². The van der Waals surface area contributed by atoms with E-state index in [2.05, 4.69) is 24.3 Å². The van der Waals surface area contributed by atoms with Crippen LogP contribution in [0.15, 0.2) is 30.3 Å². The SMILES string of the molecule is CCOC(=O)c1c(C)c(C(=O)N2CCC(Cc3ccccc3)CC2)c(C)n1CC. The van der Waals surface area contributed by atoms with Gasteiger partial charge < -0.3 is 14.2 Å². The molecule has 0 bridgehead atoms. The highest BCUT2D eigenvalue weighted by Crippen LogP contribution is 2.28. The molecule has 0 N–H and O–H groups in total. The van der Waals surface area contributed by atoms with Crippen LogP contribution in [-0.2, 0) is 17.7 Å². The van der Waals surface area contributed by atoms with Gasteiger partial charge in [-0.3, -0.25) is 4.79 Å². The van der Waals surface area contributed by atoms with Crippen molar-refractivity contribution in [2.45, 2.75) is 53.5 Å². The fraction of sp³-hybridized carbons (Fsp3) is 0.500. The van der Waals surface area contributed by atoms with Crippen LogP contribution in [0.3, 0.4) is 0 Å². The predicted octanol–water partition coefficient (Wildman–Crippen LogP) is 4.40. The summed E-state index contributed by atoms with van der Waals surface area (Å²) in [7, 11) is 0. The molecule has 0 atom stereocenters. The Labute approximate surface area is 173 Å². The smallest absolute Gasteiger partial charge is 0.355 e. The first-order chi connectivity index (χ1) is 14.0. The van der Waals surface area contributed by atoms with Gasteiger partial charge in [0.05, 0.1) is 12.2 Å². The number of hydrogen-bond acceptors (Lipinski definition) is 3. The Morgan fingerprint density at radius 2 is 1.72 bits per heavy atom. The lowest BCUT2D eigenvalue weighted by Crippen LogP contribution is -2.39. The van der Waals surface area contributed by atoms with Crippen molar-refractivity contribution in [2.75, 3.05) is 19.7 Å². The number of esters is 1. The third-order valence-electron chi connectivity index (χ3n) is 6.03. The van der Waals surface area contributed by atoms with Gasteiger partial charge in [0.2, 0.25) is 0 Å². The molecule has 0 aliphatic carbocycles. The van der Waals surface area contributed by atoms with Gasteiger partial charge in [-0.15, -0.1) is 0 Å². The Morgan fingerprint density at radius 1 is 1.07 bits per heavy atom. The summed E-state index contributed by atoms with van der Waals surface area (Å²) in [5.74, 6) is 0.297. The largest absolute Gasteiger partial charge is 0.461 e. The van der Waals surface area contributed by atoms with Crippen LogP contribution in [0.1, 0.15) is 64.4 Å². The van der Waals surface area contributed by atoms with Gasteiger partial charge in [-0.1, -0.05) is 30.3 Å². The number of ether oxygens (including phenoxy) is 1. The second-order valence-electron chi connectivity index (χ2n) is 7.82. The van der Waals surface area contributed by atoms with E-state index in [0.717, 1.165) is 43.6 Å². The Bertz CT molecular complexity index is 862. The first-order valence-electron chi connectivity index (χ1n) is 10.7. The summed E-state index contributed by atoms with van der Waals surface area (Å²) in [5, 5.41) is 0. The molecule has 1 saturated heterocycles. The number of hydrogen-bond donors (Lipinski definition) is 0. The van der Waals surface area contributed by atoms with Gasteiger partial charge in [0.15, 0.2) is 0 Å². The average Bonchev–Trinajstić information content (AvgIpc) is 2.98. The second-order valence-corrected chi connectivity index (χ2v) is 7.82. The quantitative estimate of drug-likeness (QED) is 0.680. The van der Waals surface area contributed by atoms with Crippen LogP contribution in [0.25, 0.3) is 0 Å². The predicted molar refractivity (Wildman–Crippen MR) is 114 cm³/mol. The van der Waals surface area contributed by atoms with Crippen molar-refractivity contribution >= 4 is 11.9 Å². The highest BCUT2D eigenvalue weighted by molar-refractivity contribution is 6.01. The molecule has 0 spiro atoms. The van der Waals surface area contributed by atoms with Gasteiger partial charge >= 0.3 is 5.97 Å². The summed E-state index contributed by atoms with van der Waals surface area (Å²) in [6.45, 7) is 10.1. The van der Waals surface area contributed by atoms with Crippen molar-refractivity contribution in [3.05, 3.63) is 58.4 Å². The summed E-state index contributed by atoms with van der Waals surface area (Å²) < 4.78 is 7.14. The van der Waals surface area contributed by atoms with Crippen LogP contribution in [0.5, 0.6) is 0 Å². The molecule has 29 heavy (non-hydrogen) atoms. The van der Waals surface area contributed by atoms with E-state index in [1.165, 1.54) is 5.56 Å². The van der Waals surface area contributed by atoms with Gasteiger partial charge in [0.25, 0.3) is 5.91 Å². The Balaban J connectivity index is 1.73. The van der Waals surface area contributed by atoms with Crippen LogP contribution in [-0.4, -0.2) is 41.0 Å². The van der Waals surface area contributed by atoms with Crippen molar-refractivity contribution in [1.82, 2.24) is 9.47 Å². The second kappa shape index (κ2) is 9.29. The standard InChI is InChI=1S/C24H32N2O3/c1-5-26-18(4)21(17(3)22(26)24(28)29-6-2)23(27)25-14-12-20(13-15-25)16-19-10-8-7-9-11-19/h7-11,20H,5-6,12-16H2,1-4H3. The van der Waals surface area contributed by atoms with Crippen LogP contribution in [0.2, 0.25) is 0 Å². The molecule has 5 nitrogen and oxygen atoms in total. The lowest BCUT2D eigenvalue weighted by atomic mass is 9.90. The molecular weight excluding hydrogens is 364 g/mol. The fourth-order valence-corrected chi connectivity index (χ4v) is 4.51. The van der Waals surface area contributed by atoms with E-state index in [1.807, 2.05) is 36.3 Å².